The van der Waals surface area contributed by atoms with Crippen molar-refractivity contribution in [1.29, 1.82) is 0 Å². The fraction of sp³-hybridized carbons (Fsp3) is 0.875. The predicted octanol–water partition coefficient (Wildman–Crippen LogP) is 2.86. The number of hydrogen-bond donors (Lipinski definition) is 1. The number of ether oxygens (including phenoxy) is 2. The van der Waals surface area contributed by atoms with Crippen molar-refractivity contribution >= 4 is 12.0 Å². The van der Waals surface area contributed by atoms with Crippen LogP contribution in [-0.4, -0.2) is 61.0 Å². The first-order valence-corrected chi connectivity index (χ1v) is 8.30. The number of carbonyl (C=O) groups is 2. The number of alkyl halides is 3. The van der Waals surface area contributed by atoms with Crippen LogP contribution < -0.4 is 5.32 Å². The predicted molar refractivity (Wildman–Crippen MR) is 85.1 cm³/mol. The van der Waals surface area contributed by atoms with Gasteiger partial charge in [0.2, 0.25) is 0 Å². The standard InChI is InChI=1S/C16H27F3N2O4/c1-15(2,3)25-14(23)20-11-5-7-12(8-6-11)21(9-10-24-4)13(22)16(17,18)19/h11-12H,5-10H2,1-4H3,(H,20,23). The molecule has 1 fully saturated rings. The van der Waals surface area contributed by atoms with Crippen LogP contribution in [0.3, 0.4) is 0 Å². The number of nitrogens with zero attached hydrogens (tertiary/aromatic N) is 1. The summed E-state index contributed by atoms with van der Waals surface area (Å²) < 4.78 is 48.3. The fourth-order valence-electron chi connectivity index (χ4n) is 2.81. The molecule has 0 saturated heterocycles. The largest absolute Gasteiger partial charge is 0.471 e. The Morgan fingerprint density at radius 2 is 1.68 bits per heavy atom. The van der Waals surface area contributed by atoms with Crippen molar-refractivity contribution < 1.29 is 32.2 Å². The summed E-state index contributed by atoms with van der Waals surface area (Å²) in [6.45, 7) is 5.18. The molecule has 1 aliphatic carbocycles. The van der Waals surface area contributed by atoms with Crippen LogP contribution in [0.25, 0.3) is 0 Å². The maximum Gasteiger partial charge on any atom is 0.471 e. The molecule has 0 bridgehead atoms. The smallest absolute Gasteiger partial charge is 0.444 e. The highest BCUT2D eigenvalue weighted by atomic mass is 19.4. The molecule has 0 atom stereocenters. The Kier molecular flexibility index (Phi) is 7.52. The van der Waals surface area contributed by atoms with Crippen LogP contribution in [-0.2, 0) is 14.3 Å². The molecule has 0 heterocycles. The van der Waals surface area contributed by atoms with Gasteiger partial charge in [0, 0.05) is 25.7 Å². The Labute approximate surface area is 146 Å². The third kappa shape index (κ3) is 7.50. The van der Waals surface area contributed by atoms with Crippen LogP contribution in [0, 0.1) is 0 Å². The molecule has 0 aliphatic heterocycles. The normalized spacial score (nSPS) is 21.6. The van der Waals surface area contributed by atoms with Gasteiger partial charge >= 0.3 is 18.2 Å². The zero-order chi connectivity index (χ0) is 19.3. The van der Waals surface area contributed by atoms with Crippen molar-refractivity contribution in [2.24, 2.45) is 0 Å². The van der Waals surface area contributed by atoms with Gasteiger partial charge in [-0.3, -0.25) is 4.79 Å². The third-order valence-electron chi connectivity index (χ3n) is 3.90. The molecule has 1 aliphatic rings. The van der Waals surface area contributed by atoms with Gasteiger partial charge in [0.25, 0.3) is 0 Å². The summed E-state index contributed by atoms with van der Waals surface area (Å²) in [5.74, 6) is -1.84. The van der Waals surface area contributed by atoms with Gasteiger partial charge in [-0.15, -0.1) is 0 Å². The Bertz CT molecular complexity index is 455. The second-order valence-corrected chi connectivity index (χ2v) is 7.14. The van der Waals surface area contributed by atoms with Gasteiger partial charge in [0.05, 0.1) is 6.61 Å². The van der Waals surface area contributed by atoms with E-state index in [-0.39, 0.29) is 19.2 Å². The lowest BCUT2D eigenvalue weighted by Crippen LogP contribution is -2.51. The molecule has 2 amide bonds. The third-order valence-corrected chi connectivity index (χ3v) is 3.90. The van der Waals surface area contributed by atoms with Gasteiger partial charge in [-0.05, 0) is 46.5 Å². The number of halogens is 3. The number of methoxy groups -OCH3 is 1. The summed E-state index contributed by atoms with van der Waals surface area (Å²) in [7, 11) is 1.37. The van der Waals surface area contributed by atoms with Gasteiger partial charge in [-0.25, -0.2) is 4.79 Å². The van der Waals surface area contributed by atoms with Gasteiger partial charge in [-0.2, -0.15) is 13.2 Å². The van der Waals surface area contributed by atoms with Crippen LogP contribution in [0.4, 0.5) is 18.0 Å². The maximum atomic E-state index is 12.8. The molecule has 25 heavy (non-hydrogen) atoms. The minimum atomic E-state index is -4.90. The molecule has 0 aromatic rings. The van der Waals surface area contributed by atoms with E-state index >= 15 is 0 Å². The Morgan fingerprint density at radius 3 is 2.12 bits per heavy atom. The summed E-state index contributed by atoms with van der Waals surface area (Å²) in [6.07, 6.45) is -3.72. The lowest BCUT2D eigenvalue weighted by molar-refractivity contribution is -0.189. The number of alkyl carbamates (subject to hydrolysis) is 1. The quantitative estimate of drug-likeness (QED) is 0.810. The molecule has 1 rings (SSSR count). The Morgan fingerprint density at radius 1 is 1.12 bits per heavy atom. The van der Waals surface area contributed by atoms with Crippen molar-refractivity contribution in [3.8, 4) is 0 Å². The van der Waals surface area contributed by atoms with E-state index in [4.69, 9.17) is 9.47 Å². The summed E-state index contributed by atoms with van der Waals surface area (Å²) in [6, 6.07) is -0.683. The van der Waals surface area contributed by atoms with Crippen molar-refractivity contribution in [2.45, 2.75) is 70.3 Å². The van der Waals surface area contributed by atoms with E-state index in [0.717, 1.165) is 4.90 Å². The second-order valence-electron chi connectivity index (χ2n) is 7.14. The van der Waals surface area contributed by atoms with E-state index in [2.05, 4.69) is 5.32 Å². The van der Waals surface area contributed by atoms with E-state index in [9.17, 15) is 22.8 Å². The van der Waals surface area contributed by atoms with Crippen LogP contribution in [0.2, 0.25) is 0 Å². The molecule has 6 nitrogen and oxygen atoms in total. The average Bonchev–Trinajstić information content (AvgIpc) is 2.46. The lowest BCUT2D eigenvalue weighted by Gasteiger charge is -2.37. The van der Waals surface area contributed by atoms with Gasteiger partial charge in [0.1, 0.15) is 5.60 Å². The van der Waals surface area contributed by atoms with Gasteiger partial charge in [0.15, 0.2) is 0 Å². The number of amides is 2. The Balaban J connectivity index is 2.59. The second kappa shape index (κ2) is 8.73. The molecule has 9 heteroatoms. The van der Waals surface area contributed by atoms with Crippen molar-refractivity contribution in [3.05, 3.63) is 0 Å². The first-order chi connectivity index (χ1) is 11.4. The van der Waals surface area contributed by atoms with Crippen LogP contribution >= 0.6 is 0 Å². The molecule has 0 unspecified atom stereocenters. The van der Waals surface area contributed by atoms with Crippen LogP contribution in [0.1, 0.15) is 46.5 Å². The SMILES string of the molecule is COCCN(C(=O)C(F)(F)F)C1CCC(NC(=O)OC(C)(C)C)CC1. The first-order valence-electron chi connectivity index (χ1n) is 8.30. The van der Waals surface area contributed by atoms with Gasteiger partial charge in [-0.1, -0.05) is 0 Å². The van der Waals surface area contributed by atoms with Crippen LogP contribution in [0.15, 0.2) is 0 Å². The van der Waals surface area contributed by atoms with Crippen molar-refractivity contribution in [3.63, 3.8) is 0 Å². The van der Waals surface area contributed by atoms with E-state index in [1.165, 1.54) is 7.11 Å². The Hall–Kier alpha value is -1.51. The molecule has 0 radical (unpaired) electrons. The highest BCUT2D eigenvalue weighted by molar-refractivity contribution is 5.82. The zero-order valence-electron chi connectivity index (χ0n) is 15.1. The number of hydrogen-bond acceptors (Lipinski definition) is 4. The monoisotopic (exact) mass is 368 g/mol. The molecule has 0 aromatic heterocycles. The maximum absolute atomic E-state index is 12.8. The van der Waals surface area contributed by atoms with Gasteiger partial charge < -0.3 is 19.7 Å². The summed E-state index contributed by atoms with van der Waals surface area (Å²) in [4.78, 5) is 24.2. The summed E-state index contributed by atoms with van der Waals surface area (Å²) >= 11 is 0. The number of nitrogens with one attached hydrogen (secondary N) is 1. The van der Waals surface area contributed by atoms with E-state index in [0.29, 0.717) is 25.7 Å². The first kappa shape index (κ1) is 21.5. The lowest BCUT2D eigenvalue weighted by atomic mass is 9.90. The molecule has 0 spiro atoms. The van der Waals surface area contributed by atoms with E-state index < -0.39 is 29.8 Å². The molecular weight excluding hydrogens is 341 g/mol. The molecular formula is C16H27F3N2O4. The zero-order valence-corrected chi connectivity index (χ0v) is 15.1. The van der Waals surface area contributed by atoms with Crippen molar-refractivity contribution in [2.75, 3.05) is 20.3 Å². The minimum Gasteiger partial charge on any atom is -0.444 e. The molecule has 1 N–H and O–H groups in total. The number of rotatable bonds is 5. The molecule has 0 aromatic carbocycles. The van der Waals surface area contributed by atoms with E-state index in [1.54, 1.807) is 20.8 Å². The average molecular weight is 368 g/mol. The van der Waals surface area contributed by atoms with Crippen molar-refractivity contribution in [1.82, 2.24) is 10.2 Å². The highest BCUT2D eigenvalue weighted by Crippen LogP contribution is 2.27. The minimum absolute atomic E-state index is 0.0396. The van der Waals surface area contributed by atoms with Crippen LogP contribution in [0.5, 0.6) is 0 Å². The summed E-state index contributed by atoms with van der Waals surface area (Å²) in [5, 5.41) is 2.73. The molecule has 146 valence electrons. The number of carbonyl (C=O) groups excluding carboxylic acids is 2. The summed E-state index contributed by atoms with van der Waals surface area (Å²) in [5.41, 5.74) is -0.614. The topological polar surface area (TPSA) is 67.9 Å². The van der Waals surface area contributed by atoms with E-state index in [1.807, 2.05) is 0 Å². The fourth-order valence-corrected chi connectivity index (χ4v) is 2.81. The molecule has 1 saturated carbocycles. The highest BCUT2D eigenvalue weighted by Gasteiger charge is 2.45.